The minimum atomic E-state index is -0.594. The highest BCUT2D eigenvalue weighted by atomic mass is 35.5. The highest BCUT2D eigenvalue weighted by Gasteiger charge is 2.20. The zero-order chi connectivity index (χ0) is 12.8. The fourth-order valence-electron chi connectivity index (χ4n) is 1.42. The molecule has 1 aromatic carbocycles. The summed E-state index contributed by atoms with van der Waals surface area (Å²) in [5.41, 5.74) is 0.843. The van der Waals surface area contributed by atoms with E-state index in [0.717, 1.165) is 12.1 Å². The van der Waals surface area contributed by atoms with Crippen molar-refractivity contribution in [3.63, 3.8) is 0 Å². The number of benzene rings is 1. The van der Waals surface area contributed by atoms with E-state index in [1.54, 1.807) is 11.9 Å². The Bertz CT molecular complexity index is 354. The van der Waals surface area contributed by atoms with Crippen LogP contribution in [0.25, 0.3) is 0 Å². The number of rotatable bonds is 5. The summed E-state index contributed by atoms with van der Waals surface area (Å²) in [4.78, 5) is 15.7. The zero-order valence-electron chi connectivity index (χ0n) is 10.6. The molecule has 4 heteroatoms. The molecule has 0 aliphatic carbocycles. The quantitative estimate of drug-likeness (QED) is 0.751. The largest absolute Gasteiger partial charge is 0.343 e. The molecule has 0 fully saturated rings. The van der Waals surface area contributed by atoms with E-state index in [0.29, 0.717) is 6.54 Å². The first kappa shape index (κ1) is 14.0. The molecule has 3 nitrogen and oxygen atoms in total. The van der Waals surface area contributed by atoms with E-state index in [1.807, 2.05) is 49.3 Å². The van der Waals surface area contributed by atoms with Crippen LogP contribution in [0.5, 0.6) is 0 Å². The Hall–Kier alpha value is -1.06. The summed E-state index contributed by atoms with van der Waals surface area (Å²) in [6.07, 6.45) is 0. The lowest BCUT2D eigenvalue weighted by Crippen LogP contribution is -2.35. The molecule has 0 radical (unpaired) electrons. The number of carbonyl (C=O) groups is 1. The van der Waals surface area contributed by atoms with Crippen molar-refractivity contribution in [2.45, 2.75) is 5.38 Å². The van der Waals surface area contributed by atoms with Gasteiger partial charge in [0.2, 0.25) is 5.91 Å². The maximum atomic E-state index is 12.0. The van der Waals surface area contributed by atoms with Gasteiger partial charge in [0.25, 0.3) is 0 Å². The molecular weight excluding hydrogens is 236 g/mol. The summed E-state index contributed by atoms with van der Waals surface area (Å²) in [5, 5.41) is -0.594. The zero-order valence-corrected chi connectivity index (χ0v) is 11.3. The van der Waals surface area contributed by atoms with Crippen molar-refractivity contribution in [2.24, 2.45) is 0 Å². The summed E-state index contributed by atoms with van der Waals surface area (Å²) in [6, 6.07) is 9.42. The monoisotopic (exact) mass is 254 g/mol. The first-order chi connectivity index (χ1) is 8.02. The fraction of sp³-hybridized carbons (Fsp3) is 0.462. The van der Waals surface area contributed by atoms with E-state index in [9.17, 15) is 4.79 Å². The molecule has 0 spiro atoms. The lowest BCUT2D eigenvalue weighted by molar-refractivity contribution is -0.129. The van der Waals surface area contributed by atoms with Crippen LogP contribution in [-0.4, -0.2) is 49.9 Å². The Kier molecular flexibility index (Phi) is 5.45. The molecule has 1 unspecified atom stereocenters. The van der Waals surface area contributed by atoms with Crippen LogP contribution in [0.3, 0.4) is 0 Å². The van der Waals surface area contributed by atoms with Crippen LogP contribution in [0.15, 0.2) is 30.3 Å². The second kappa shape index (κ2) is 6.62. The van der Waals surface area contributed by atoms with Crippen LogP contribution in [0, 0.1) is 0 Å². The molecule has 1 aromatic rings. The number of amides is 1. The third kappa shape index (κ3) is 4.36. The molecule has 0 aliphatic rings. The van der Waals surface area contributed by atoms with E-state index < -0.39 is 5.38 Å². The van der Waals surface area contributed by atoms with Crippen LogP contribution >= 0.6 is 11.6 Å². The van der Waals surface area contributed by atoms with Crippen LogP contribution in [0.1, 0.15) is 10.9 Å². The second-order valence-corrected chi connectivity index (χ2v) is 4.77. The van der Waals surface area contributed by atoms with Gasteiger partial charge in [-0.25, -0.2) is 0 Å². The average Bonchev–Trinajstić information content (AvgIpc) is 2.35. The number of hydrogen-bond acceptors (Lipinski definition) is 2. The molecule has 0 bridgehead atoms. The summed E-state index contributed by atoms with van der Waals surface area (Å²) >= 11 is 6.16. The summed E-state index contributed by atoms with van der Waals surface area (Å²) in [5.74, 6) is -0.0558. The molecule has 17 heavy (non-hydrogen) atoms. The first-order valence-electron chi connectivity index (χ1n) is 5.61. The molecule has 94 valence electrons. The van der Waals surface area contributed by atoms with Crippen molar-refractivity contribution in [1.82, 2.24) is 9.80 Å². The van der Waals surface area contributed by atoms with Crippen molar-refractivity contribution in [1.29, 1.82) is 0 Å². The van der Waals surface area contributed by atoms with Gasteiger partial charge in [-0.1, -0.05) is 30.3 Å². The topological polar surface area (TPSA) is 23.6 Å². The SMILES string of the molecule is CN(C)CCN(C)C(=O)C(Cl)c1ccccc1. The van der Waals surface area contributed by atoms with Crippen molar-refractivity contribution >= 4 is 17.5 Å². The number of likely N-dealkylation sites (N-methyl/N-ethyl adjacent to an activating group) is 2. The van der Waals surface area contributed by atoms with Gasteiger partial charge >= 0.3 is 0 Å². The van der Waals surface area contributed by atoms with Gasteiger partial charge in [-0.15, -0.1) is 11.6 Å². The lowest BCUT2D eigenvalue weighted by Gasteiger charge is -2.22. The van der Waals surface area contributed by atoms with Gasteiger partial charge in [0.1, 0.15) is 5.38 Å². The van der Waals surface area contributed by atoms with E-state index in [-0.39, 0.29) is 5.91 Å². The van der Waals surface area contributed by atoms with Gasteiger partial charge in [-0.2, -0.15) is 0 Å². The third-order valence-corrected chi connectivity index (χ3v) is 3.01. The van der Waals surface area contributed by atoms with Gasteiger partial charge < -0.3 is 9.80 Å². The highest BCUT2D eigenvalue weighted by Crippen LogP contribution is 2.21. The molecule has 0 N–H and O–H groups in total. The Morgan fingerprint density at radius 1 is 1.18 bits per heavy atom. The van der Waals surface area contributed by atoms with Gasteiger partial charge in [-0.05, 0) is 19.7 Å². The van der Waals surface area contributed by atoms with Crippen LogP contribution in [0.2, 0.25) is 0 Å². The molecule has 0 aromatic heterocycles. The van der Waals surface area contributed by atoms with E-state index in [1.165, 1.54) is 0 Å². The number of halogens is 1. The Morgan fingerprint density at radius 3 is 2.29 bits per heavy atom. The molecule has 0 saturated carbocycles. The Labute approximate surface area is 108 Å². The van der Waals surface area contributed by atoms with E-state index in [2.05, 4.69) is 0 Å². The maximum Gasteiger partial charge on any atom is 0.244 e. The molecule has 0 aliphatic heterocycles. The van der Waals surface area contributed by atoms with E-state index >= 15 is 0 Å². The van der Waals surface area contributed by atoms with Gasteiger partial charge in [0.15, 0.2) is 0 Å². The Balaban J connectivity index is 2.57. The number of alkyl halides is 1. The normalized spacial score (nSPS) is 12.5. The van der Waals surface area contributed by atoms with Gasteiger partial charge in [0, 0.05) is 20.1 Å². The second-order valence-electron chi connectivity index (χ2n) is 4.34. The van der Waals surface area contributed by atoms with Crippen LogP contribution < -0.4 is 0 Å². The first-order valence-corrected chi connectivity index (χ1v) is 6.04. The van der Waals surface area contributed by atoms with Crippen molar-refractivity contribution in [2.75, 3.05) is 34.2 Å². The van der Waals surface area contributed by atoms with Gasteiger partial charge in [-0.3, -0.25) is 4.79 Å². The molecular formula is C13H19ClN2O. The summed E-state index contributed by atoms with van der Waals surface area (Å²) < 4.78 is 0. The van der Waals surface area contributed by atoms with Crippen LogP contribution in [-0.2, 0) is 4.79 Å². The molecule has 1 amide bonds. The maximum absolute atomic E-state index is 12.0. The number of carbonyl (C=O) groups excluding carboxylic acids is 1. The van der Waals surface area contributed by atoms with Crippen molar-refractivity contribution in [3.05, 3.63) is 35.9 Å². The molecule has 0 heterocycles. The smallest absolute Gasteiger partial charge is 0.244 e. The standard InChI is InChI=1S/C13H19ClN2O/c1-15(2)9-10-16(3)13(17)12(14)11-7-5-4-6-8-11/h4-8,12H,9-10H2,1-3H3. The fourth-order valence-corrected chi connectivity index (χ4v) is 1.73. The minimum absolute atomic E-state index is 0.0558. The molecule has 1 atom stereocenters. The lowest BCUT2D eigenvalue weighted by atomic mass is 10.1. The molecule has 0 saturated heterocycles. The Morgan fingerprint density at radius 2 is 1.76 bits per heavy atom. The van der Waals surface area contributed by atoms with Crippen molar-refractivity contribution < 1.29 is 4.79 Å². The predicted octanol–water partition coefficient (Wildman–Crippen LogP) is 1.99. The van der Waals surface area contributed by atoms with E-state index in [4.69, 9.17) is 11.6 Å². The predicted molar refractivity (Wildman–Crippen MR) is 71.2 cm³/mol. The number of hydrogen-bond donors (Lipinski definition) is 0. The number of nitrogens with zero attached hydrogens (tertiary/aromatic N) is 2. The average molecular weight is 255 g/mol. The van der Waals surface area contributed by atoms with Gasteiger partial charge in [0.05, 0.1) is 0 Å². The minimum Gasteiger partial charge on any atom is -0.343 e. The highest BCUT2D eigenvalue weighted by molar-refractivity contribution is 6.30. The van der Waals surface area contributed by atoms with Crippen molar-refractivity contribution in [3.8, 4) is 0 Å². The molecule has 1 rings (SSSR count). The summed E-state index contributed by atoms with van der Waals surface area (Å²) in [7, 11) is 5.74. The third-order valence-electron chi connectivity index (χ3n) is 2.57. The van der Waals surface area contributed by atoms with Crippen LogP contribution in [0.4, 0.5) is 0 Å². The summed E-state index contributed by atoms with van der Waals surface area (Å²) in [6.45, 7) is 1.52.